The molecule has 2 atom stereocenters. The van der Waals surface area contributed by atoms with Gasteiger partial charge >= 0.3 is 5.97 Å². The SMILES string of the molecule is O=C(O)C(c1ccc(-c2ccccc2)cc1)C(O)c1ccccc1F. The molecule has 0 saturated carbocycles. The van der Waals surface area contributed by atoms with Crippen LogP contribution >= 0.6 is 0 Å². The van der Waals surface area contributed by atoms with Crippen molar-refractivity contribution in [3.63, 3.8) is 0 Å². The van der Waals surface area contributed by atoms with E-state index in [2.05, 4.69) is 0 Å². The lowest BCUT2D eigenvalue weighted by Crippen LogP contribution is -2.20. The molecule has 3 nitrogen and oxygen atoms in total. The predicted octanol–water partition coefficient (Wildman–Crippen LogP) is 4.39. The number of carboxylic acids is 1. The van der Waals surface area contributed by atoms with Crippen molar-refractivity contribution in [2.75, 3.05) is 0 Å². The Morgan fingerprint density at radius 1 is 0.800 bits per heavy atom. The number of carboxylic acid groups (broad SMARTS) is 1. The summed E-state index contributed by atoms with van der Waals surface area (Å²) < 4.78 is 13.9. The van der Waals surface area contributed by atoms with Crippen LogP contribution in [0, 0.1) is 5.82 Å². The molecule has 3 rings (SSSR count). The topological polar surface area (TPSA) is 57.5 Å². The first-order valence-electron chi connectivity index (χ1n) is 7.88. The number of hydrogen-bond acceptors (Lipinski definition) is 2. The van der Waals surface area contributed by atoms with Gasteiger partial charge in [0.05, 0.1) is 6.10 Å². The number of aliphatic carboxylic acids is 1. The summed E-state index contributed by atoms with van der Waals surface area (Å²) in [6.07, 6.45) is -1.47. The summed E-state index contributed by atoms with van der Waals surface area (Å²) in [5.74, 6) is -3.08. The fourth-order valence-corrected chi connectivity index (χ4v) is 2.87. The quantitative estimate of drug-likeness (QED) is 0.726. The zero-order valence-electron chi connectivity index (χ0n) is 13.3. The number of aliphatic hydroxyl groups is 1. The van der Waals surface area contributed by atoms with Gasteiger partial charge in [-0.2, -0.15) is 0 Å². The summed E-state index contributed by atoms with van der Waals surface area (Å²) in [7, 11) is 0. The van der Waals surface area contributed by atoms with Gasteiger partial charge in [-0.3, -0.25) is 4.79 Å². The molecule has 0 aromatic heterocycles. The summed E-state index contributed by atoms with van der Waals surface area (Å²) in [6.45, 7) is 0. The lowest BCUT2D eigenvalue weighted by molar-refractivity contribution is -0.141. The highest BCUT2D eigenvalue weighted by molar-refractivity contribution is 5.78. The fraction of sp³-hybridized carbons (Fsp3) is 0.0952. The summed E-state index contributed by atoms with van der Waals surface area (Å²) in [6, 6.07) is 22.3. The fourth-order valence-electron chi connectivity index (χ4n) is 2.87. The van der Waals surface area contributed by atoms with Crippen LogP contribution in [0.2, 0.25) is 0 Å². The predicted molar refractivity (Wildman–Crippen MR) is 93.6 cm³/mol. The number of benzene rings is 3. The van der Waals surface area contributed by atoms with Crippen LogP contribution < -0.4 is 0 Å². The zero-order valence-corrected chi connectivity index (χ0v) is 13.3. The highest BCUT2D eigenvalue weighted by Crippen LogP contribution is 2.33. The second-order valence-corrected chi connectivity index (χ2v) is 5.77. The van der Waals surface area contributed by atoms with E-state index in [1.807, 2.05) is 30.3 Å². The molecule has 0 heterocycles. The van der Waals surface area contributed by atoms with E-state index in [1.165, 1.54) is 18.2 Å². The largest absolute Gasteiger partial charge is 0.481 e. The van der Waals surface area contributed by atoms with Crippen LogP contribution in [0.25, 0.3) is 11.1 Å². The van der Waals surface area contributed by atoms with E-state index in [0.717, 1.165) is 11.1 Å². The number of rotatable bonds is 5. The molecule has 0 aliphatic heterocycles. The standard InChI is InChI=1S/C21H17FO3/c22-18-9-5-4-8-17(18)20(23)19(21(24)25)16-12-10-15(11-13-16)14-6-2-1-3-7-14/h1-13,19-20,23H,(H,24,25). The van der Waals surface area contributed by atoms with Gasteiger partial charge in [0.25, 0.3) is 0 Å². The molecule has 0 amide bonds. The van der Waals surface area contributed by atoms with Gasteiger partial charge in [0.2, 0.25) is 0 Å². The molecule has 2 unspecified atom stereocenters. The Morgan fingerprint density at radius 3 is 1.96 bits per heavy atom. The first kappa shape index (κ1) is 16.9. The van der Waals surface area contributed by atoms with Gasteiger partial charge in [-0.05, 0) is 22.8 Å². The summed E-state index contributed by atoms with van der Waals surface area (Å²) in [5, 5.41) is 20.0. The van der Waals surface area contributed by atoms with Gasteiger partial charge in [-0.1, -0.05) is 72.8 Å². The molecule has 4 heteroatoms. The Labute approximate surface area is 145 Å². The maximum absolute atomic E-state index is 13.9. The van der Waals surface area contributed by atoms with Gasteiger partial charge in [-0.15, -0.1) is 0 Å². The Morgan fingerprint density at radius 2 is 1.36 bits per heavy atom. The minimum absolute atomic E-state index is 0.0259. The Balaban J connectivity index is 1.94. The average molecular weight is 336 g/mol. The molecule has 0 spiro atoms. The molecule has 3 aromatic rings. The third kappa shape index (κ3) is 3.59. The number of halogens is 1. The van der Waals surface area contributed by atoms with E-state index >= 15 is 0 Å². The summed E-state index contributed by atoms with van der Waals surface area (Å²) in [5.41, 5.74) is 2.34. The van der Waals surface area contributed by atoms with Crippen LogP contribution in [-0.4, -0.2) is 16.2 Å². The molecule has 25 heavy (non-hydrogen) atoms. The number of carbonyl (C=O) groups is 1. The molecule has 0 aliphatic rings. The molecule has 2 N–H and O–H groups in total. The molecule has 0 radical (unpaired) electrons. The summed E-state index contributed by atoms with van der Waals surface area (Å²) >= 11 is 0. The van der Waals surface area contributed by atoms with E-state index in [-0.39, 0.29) is 5.56 Å². The highest BCUT2D eigenvalue weighted by atomic mass is 19.1. The van der Waals surface area contributed by atoms with Crippen molar-refractivity contribution in [3.8, 4) is 11.1 Å². The molecule has 126 valence electrons. The second-order valence-electron chi connectivity index (χ2n) is 5.77. The van der Waals surface area contributed by atoms with Gasteiger partial charge in [0.1, 0.15) is 11.7 Å². The lowest BCUT2D eigenvalue weighted by atomic mass is 9.88. The third-order valence-electron chi connectivity index (χ3n) is 4.18. The zero-order chi connectivity index (χ0) is 17.8. The molecular weight excluding hydrogens is 319 g/mol. The Hall–Kier alpha value is -2.98. The summed E-state index contributed by atoms with van der Waals surface area (Å²) in [4.78, 5) is 11.7. The van der Waals surface area contributed by atoms with Crippen molar-refractivity contribution in [2.24, 2.45) is 0 Å². The Kier molecular flexibility index (Phi) is 4.91. The minimum Gasteiger partial charge on any atom is -0.481 e. The van der Waals surface area contributed by atoms with Crippen LogP contribution in [0.3, 0.4) is 0 Å². The van der Waals surface area contributed by atoms with Crippen molar-refractivity contribution >= 4 is 5.97 Å². The van der Waals surface area contributed by atoms with Crippen LogP contribution in [0.5, 0.6) is 0 Å². The first-order chi connectivity index (χ1) is 12.1. The number of hydrogen-bond donors (Lipinski definition) is 2. The number of aliphatic hydroxyl groups excluding tert-OH is 1. The van der Waals surface area contributed by atoms with E-state index in [9.17, 15) is 19.4 Å². The van der Waals surface area contributed by atoms with Crippen LogP contribution in [0.15, 0.2) is 78.9 Å². The van der Waals surface area contributed by atoms with E-state index in [1.54, 1.807) is 30.3 Å². The average Bonchev–Trinajstić information content (AvgIpc) is 2.63. The molecule has 0 bridgehead atoms. The van der Waals surface area contributed by atoms with Crippen molar-refractivity contribution < 1.29 is 19.4 Å². The molecule has 0 saturated heterocycles. The third-order valence-corrected chi connectivity index (χ3v) is 4.18. The lowest BCUT2D eigenvalue weighted by Gasteiger charge is -2.20. The smallest absolute Gasteiger partial charge is 0.314 e. The van der Waals surface area contributed by atoms with E-state index < -0.39 is 23.8 Å². The van der Waals surface area contributed by atoms with Crippen molar-refractivity contribution in [1.82, 2.24) is 0 Å². The van der Waals surface area contributed by atoms with Gasteiger partial charge in [0, 0.05) is 5.56 Å². The van der Waals surface area contributed by atoms with Gasteiger partial charge in [0.15, 0.2) is 0 Å². The second kappa shape index (κ2) is 7.28. The highest BCUT2D eigenvalue weighted by Gasteiger charge is 2.31. The van der Waals surface area contributed by atoms with E-state index in [0.29, 0.717) is 5.56 Å². The van der Waals surface area contributed by atoms with Gasteiger partial charge in [-0.25, -0.2) is 4.39 Å². The minimum atomic E-state index is -1.47. The monoisotopic (exact) mass is 336 g/mol. The van der Waals surface area contributed by atoms with Crippen molar-refractivity contribution in [1.29, 1.82) is 0 Å². The molecule has 3 aromatic carbocycles. The van der Waals surface area contributed by atoms with Crippen LogP contribution in [0.1, 0.15) is 23.1 Å². The molecule has 0 fully saturated rings. The van der Waals surface area contributed by atoms with Gasteiger partial charge < -0.3 is 10.2 Å². The van der Waals surface area contributed by atoms with E-state index in [4.69, 9.17) is 0 Å². The maximum atomic E-state index is 13.9. The van der Waals surface area contributed by atoms with Crippen molar-refractivity contribution in [2.45, 2.75) is 12.0 Å². The maximum Gasteiger partial charge on any atom is 0.314 e. The Bertz CT molecular complexity index is 860. The van der Waals surface area contributed by atoms with Crippen molar-refractivity contribution in [3.05, 3.63) is 95.8 Å². The van der Waals surface area contributed by atoms with Crippen LogP contribution in [-0.2, 0) is 4.79 Å². The molecule has 0 aliphatic carbocycles. The van der Waals surface area contributed by atoms with Crippen LogP contribution in [0.4, 0.5) is 4.39 Å². The normalized spacial score (nSPS) is 13.2. The first-order valence-corrected chi connectivity index (χ1v) is 7.88. The molecular formula is C21H17FO3.